The molecule has 0 N–H and O–H groups in total. The number of halogens is 1. The molecule has 0 saturated carbocycles. The second-order valence-electron chi connectivity index (χ2n) is 3.37. The van der Waals surface area contributed by atoms with Gasteiger partial charge in [-0.05, 0) is 41.4 Å². The molecule has 0 aliphatic carbocycles. The molecule has 0 spiro atoms. The van der Waals surface area contributed by atoms with E-state index in [0.717, 1.165) is 15.6 Å². The van der Waals surface area contributed by atoms with Gasteiger partial charge in [-0.25, -0.2) is 0 Å². The van der Waals surface area contributed by atoms with Crippen LogP contribution in [0.1, 0.15) is 12.5 Å². The first-order valence-corrected chi connectivity index (χ1v) is 6.65. The van der Waals surface area contributed by atoms with E-state index in [9.17, 15) is 0 Å². The van der Waals surface area contributed by atoms with Gasteiger partial charge in [0.2, 0.25) is 5.13 Å². The third-order valence-corrected chi connectivity index (χ3v) is 3.72. The summed E-state index contributed by atoms with van der Waals surface area (Å²) in [6, 6.07) is 8.30. The number of anilines is 2. The first kappa shape index (κ1) is 11.5. The van der Waals surface area contributed by atoms with E-state index in [-0.39, 0.29) is 0 Å². The lowest BCUT2D eigenvalue weighted by Crippen LogP contribution is -2.16. The minimum atomic E-state index is 0.814. The van der Waals surface area contributed by atoms with Gasteiger partial charge in [0, 0.05) is 12.2 Å². The number of hydrogen-bond acceptors (Lipinski definition) is 4. The molecule has 16 heavy (non-hydrogen) atoms. The van der Waals surface area contributed by atoms with Crippen LogP contribution in [0, 0.1) is 6.92 Å². The molecule has 0 saturated heterocycles. The van der Waals surface area contributed by atoms with Crippen LogP contribution in [-0.2, 0) is 0 Å². The lowest BCUT2D eigenvalue weighted by molar-refractivity contribution is 0.961. The van der Waals surface area contributed by atoms with E-state index in [2.05, 4.69) is 57.0 Å². The van der Waals surface area contributed by atoms with E-state index in [0.29, 0.717) is 0 Å². The third-order valence-electron chi connectivity index (χ3n) is 2.34. The smallest absolute Gasteiger partial charge is 0.213 e. The first-order valence-electron chi connectivity index (χ1n) is 5.04. The fourth-order valence-corrected chi connectivity index (χ4v) is 2.75. The summed E-state index contributed by atoms with van der Waals surface area (Å²) in [5.74, 6) is 0. The van der Waals surface area contributed by atoms with Crippen molar-refractivity contribution in [1.82, 2.24) is 10.2 Å². The lowest BCUT2D eigenvalue weighted by Gasteiger charge is -2.21. The van der Waals surface area contributed by atoms with Crippen molar-refractivity contribution in [3.63, 3.8) is 0 Å². The molecule has 0 aliphatic heterocycles. The molecule has 0 atom stereocenters. The highest BCUT2D eigenvalue weighted by Crippen LogP contribution is 2.31. The van der Waals surface area contributed by atoms with Gasteiger partial charge >= 0.3 is 0 Å². The van der Waals surface area contributed by atoms with Crippen LogP contribution < -0.4 is 4.90 Å². The summed E-state index contributed by atoms with van der Waals surface area (Å²) in [6.45, 7) is 5.10. The van der Waals surface area contributed by atoms with Crippen LogP contribution in [0.2, 0.25) is 0 Å². The van der Waals surface area contributed by atoms with Gasteiger partial charge in [0.15, 0.2) is 3.92 Å². The quantitative estimate of drug-likeness (QED) is 0.863. The number of hydrogen-bond donors (Lipinski definition) is 0. The third kappa shape index (κ3) is 2.25. The molecule has 84 valence electrons. The average Bonchev–Trinajstić information content (AvgIpc) is 2.69. The minimum absolute atomic E-state index is 0.814. The molecule has 5 heteroatoms. The fraction of sp³-hybridized carbons (Fsp3) is 0.273. The van der Waals surface area contributed by atoms with Gasteiger partial charge in [-0.1, -0.05) is 29.5 Å². The number of aryl methyl sites for hydroxylation is 1. The Morgan fingerprint density at radius 2 is 2.06 bits per heavy atom. The Morgan fingerprint density at radius 1 is 1.31 bits per heavy atom. The number of nitrogens with zero attached hydrogens (tertiary/aromatic N) is 3. The molecule has 0 radical (unpaired) electrons. The molecule has 0 unspecified atom stereocenters. The highest BCUT2D eigenvalue weighted by Gasteiger charge is 2.13. The number of benzene rings is 1. The van der Waals surface area contributed by atoms with Crippen LogP contribution in [-0.4, -0.2) is 16.7 Å². The van der Waals surface area contributed by atoms with Crippen LogP contribution in [0.25, 0.3) is 0 Å². The maximum atomic E-state index is 4.15. The molecule has 1 aromatic heterocycles. The Hall–Kier alpha value is -0.940. The van der Waals surface area contributed by atoms with E-state index in [4.69, 9.17) is 0 Å². The second-order valence-corrected chi connectivity index (χ2v) is 5.60. The van der Waals surface area contributed by atoms with Crippen molar-refractivity contribution in [2.75, 3.05) is 11.4 Å². The normalized spacial score (nSPS) is 10.4. The first-order chi connectivity index (χ1) is 7.72. The highest BCUT2D eigenvalue weighted by atomic mass is 79.9. The topological polar surface area (TPSA) is 29.0 Å². The predicted octanol–water partition coefficient (Wildman–Crippen LogP) is 3.77. The maximum absolute atomic E-state index is 4.15. The average molecular weight is 298 g/mol. The number of para-hydroxylation sites is 1. The largest absolute Gasteiger partial charge is 0.316 e. The van der Waals surface area contributed by atoms with E-state index in [1.54, 1.807) is 11.3 Å². The van der Waals surface area contributed by atoms with Crippen molar-refractivity contribution in [3.05, 3.63) is 33.7 Å². The SMILES string of the molecule is CCN(c1nnc(Br)s1)c1ccccc1C. The zero-order valence-corrected chi connectivity index (χ0v) is 11.5. The van der Waals surface area contributed by atoms with Gasteiger partial charge in [-0.3, -0.25) is 0 Å². The number of rotatable bonds is 3. The van der Waals surface area contributed by atoms with Crippen molar-refractivity contribution in [2.45, 2.75) is 13.8 Å². The van der Waals surface area contributed by atoms with Gasteiger partial charge < -0.3 is 4.90 Å². The Bertz CT molecular complexity index is 484. The van der Waals surface area contributed by atoms with Crippen molar-refractivity contribution in [1.29, 1.82) is 0 Å². The highest BCUT2D eigenvalue weighted by molar-refractivity contribution is 9.11. The molecule has 2 rings (SSSR count). The summed E-state index contributed by atoms with van der Waals surface area (Å²) in [6.07, 6.45) is 0. The van der Waals surface area contributed by atoms with E-state index >= 15 is 0 Å². The van der Waals surface area contributed by atoms with Crippen LogP contribution in [0.5, 0.6) is 0 Å². The minimum Gasteiger partial charge on any atom is -0.316 e. The Morgan fingerprint density at radius 3 is 2.62 bits per heavy atom. The molecule has 2 aromatic rings. The van der Waals surface area contributed by atoms with Gasteiger partial charge in [-0.15, -0.1) is 10.2 Å². The summed E-state index contributed by atoms with van der Waals surface area (Å²) in [5, 5.41) is 9.06. The molecule has 0 fully saturated rings. The van der Waals surface area contributed by atoms with E-state index in [1.165, 1.54) is 11.3 Å². The Labute approximate surface area is 107 Å². The van der Waals surface area contributed by atoms with Gasteiger partial charge in [-0.2, -0.15) is 0 Å². The molecular weight excluding hydrogens is 286 g/mol. The fourth-order valence-electron chi connectivity index (χ4n) is 1.58. The summed E-state index contributed by atoms with van der Waals surface area (Å²) in [4.78, 5) is 2.16. The lowest BCUT2D eigenvalue weighted by atomic mass is 10.2. The van der Waals surface area contributed by atoms with Gasteiger partial charge in [0.1, 0.15) is 0 Å². The van der Waals surface area contributed by atoms with Gasteiger partial charge in [0.05, 0.1) is 0 Å². The van der Waals surface area contributed by atoms with E-state index in [1.807, 2.05) is 12.1 Å². The molecule has 0 amide bonds. The molecule has 0 bridgehead atoms. The van der Waals surface area contributed by atoms with Crippen LogP contribution in [0.15, 0.2) is 28.2 Å². The monoisotopic (exact) mass is 297 g/mol. The van der Waals surface area contributed by atoms with Gasteiger partial charge in [0.25, 0.3) is 0 Å². The summed E-state index contributed by atoms with van der Waals surface area (Å²) >= 11 is 4.88. The molecule has 0 aliphatic rings. The summed E-state index contributed by atoms with van der Waals surface area (Å²) < 4.78 is 0.814. The summed E-state index contributed by atoms with van der Waals surface area (Å²) in [5.41, 5.74) is 2.43. The molecule has 3 nitrogen and oxygen atoms in total. The van der Waals surface area contributed by atoms with Crippen LogP contribution in [0.3, 0.4) is 0 Å². The van der Waals surface area contributed by atoms with E-state index < -0.39 is 0 Å². The zero-order valence-electron chi connectivity index (χ0n) is 9.14. The number of aromatic nitrogens is 2. The molecular formula is C11H12BrN3S. The van der Waals surface area contributed by atoms with Crippen molar-refractivity contribution < 1.29 is 0 Å². The van der Waals surface area contributed by atoms with Crippen LogP contribution >= 0.6 is 27.3 Å². The molecule has 1 heterocycles. The standard InChI is InChI=1S/C11H12BrN3S/c1-3-15(11-14-13-10(12)16-11)9-7-5-4-6-8(9)2/h4-7H,3H2,1-2H3. The van der Waals surface area contributed by atoms with Crippen LogP contribution in [0.4, 0.5) is 10.8 Å². The molecule has 1 aromatic carbocycles. The predicted molar refractivity (Wildman–Crippen MR) is 71.5 cm³/mol. The van der Waals surface area contributed by atoms with Crippen molar-refractivity contribution >= 4 is 38.1 Å². The summed E-state index contributed by atoms with van der Waals surface area (Å²) in [7, 11) is 0. The Kier molecular flexibility index (Phi) is 3.56. The van der Waals surface area contributed by atoms with Crippen molar-refractivity contribution in [3.8, 4) is 0 Å². The maximum Gasteiger partial charge on any atom is 0.213 e. The second kappa shape index (κ2) is 4.93. The Balaban J connectivity index is 2.40. The van der Waals surface area contributed by atoms with Crippen molar-refractivity contribution in [2.24, 2.45) is 0 Å². The zero-order chi connectivity index (χ0) is 11.5.